The van der Waals surface area contributed by atoms with E-state index in [9.17, 15) is 4.79 Å². The van der Waals surface area contributed by atoms with E-state index in [2.05, 4.69) is 20.5 Å². The van der Waals surface area contributed by atoms with E-state index >= 15 is 0 Å². The first-order valence-electron chi connectivity index (χ1n) is 7.54. The minimum Gasteiger partial charge on any atom is -0.370 e. The van der Waals surface area contributed by atoms with Crippen molar-refractivity contribution >= 4 is 5.91 Å². The van der Waals surface area contributed by atoms with Crippen LogP contribution in [0.25, 0.3) is 0 Å². The summed E-state index contributed by atoms with van der Waals surface area (Å²) in [5, 5.41) is 9.65. The molecule has 1 amide bonds. The van der Waals surface area contributed by atoms with Crippen LogP contribution in [0.1, 0.15) is 40.8 Å². The van der Waals surface area contributed by atoms with Crippen molar-refractivity contribution < 1.29 is 9.53 Å². The first kappa shape index (κ1) is 14.8. The summed E-state index contributed by atoms with van der Waals surface area (Å²) in [7, 11) is 1.96. The number of H-pyrrole nitrogens is 1. The number of aromatic amines is 1. The summed E-state index contributed by atoms with van der Waals surface area (Å²) in [6.07, 6.45) is 7.20. The highest BCUT2D eigenvalue weighted by Gasteiger charge is 2.30. The van der Waals surface area contributed by atoms with Crippen LogP contribution in [0.4, 0.5) is 0 Å². The molecule has 3 heterocycles. The van der Waals surface area contributed by atoms with Crippen molar-refractivity contribution in [3.8, 4) is 0 Å². The van der Waals surface area contributed by atoms with Crippen LogP contribution in [0, 0.1) is 12.8 Å². The summed E-state index contributed by atoms with van der Waals surface area (Å²) in [6, 6.07) is 0. The summed E-state index contributed by atoms with van der Waals surface area (Å²) in [6.45, 7) is 3.14. The van der Waals surface area contributed by atoms with Gasteiger partial charge in [-0.05, 0) is 19.8 Å². The van der Waals surface area contributed by atoms with Gasteiger partial charge in [0.25, 0.3) is 5.91 Å². The molecule has 0 saturated carbocycles. The summed E-state index contributed by atoms with van der Waals surface area (Å²) < 4.78 is 7.89. The molecule has 7 nitrogen and oxygen atoms in total. The van der Waals surface area contributed by atoms with Gasteiger partial charge in [0.15, 0.2) is 0 Å². The number of imidazole rings is 1. The van der Waals surface area contributed by atoms with Crippen LogP contribution >= 0.6 is 0 Å². The third kappa shape index (κ3) is 2.89. The van der Waals surface area contributed by atoms with Gasteiger partial charge in [-0.3, -0.25) is 9.89 Å². The zero-order valence-electron chi connectivity index (χ0n) is 12.9. The van der Waals surface area contributed by atoms with E-state index in [1.807, 2.05) is 24.7 Å². The quantitative estimate of drug-likeness (QED) is 0.893. The minimum absolute atomic E-state index is 0.0699. The molecule has 1 aliphatic rings. The van der Waals surface area contributed by atoms with Gasteiger partial charge in [-0.2, -0.15) is 5.10 Å². The number of nitrogens with zero attached hydrogens (tertiary/aromatic N) is 3. The van der Waals surface area contributed by atoms with Gasteiger partial charge in [0, 0.05) is 44.2 Å². The second-order valence-electron chi connectivity index (χ2n) is 5.71. The van der Waals surface area contributed by atoms with Crippen molar-refractivity contribution in [2.24, 2.45) is 13.0 Å². The van der Waals surface area contributed by atoms with E-state index in [0.717, 1.165) is 31.0 Å². The Morgan fingerprint density at radius 3 is 3.14 bits per heavy atom. The first-order chi connectivity index (χ1) is 10.7. The molecule has 0 radical (unpaired) electrons. The summed E-state index contributed by atoms with van der Waals surface area (Å²) >= 11 is 0. The van der Waals surface area contributed by atoms with E-state index in [0.29, 0.717) is 12.1 Å². The number of amides is 1. The zero-order chi connectivity index (χ0) is 15.5. The average molecular weight is 303 g/mol. The monoisotopic (exact) mass is 303 g/mol. The maximum atomic E-state index is 12.2. The fourth-order valence-electron chi connectivity index (χ4n) is 2.89. The number of hydrogen-bond donors (Lipinski definition) is 2. The number of ether oxygens (including phenoxy) is 1. The van der Waals surface area contributed by atoms with E-state index in [1.54, 1.807) is 12.4 Å². The highest BCUT2D eigenvalue weighted by atomic mass is 16.5. The van der Waals surface area contributed by atoms with Crippen molar-refractivity contribution in [2.45, 2.75) is 25.9 Å². The highest BCUT2D eigenvalue weighted by molar-refractivity contribution is 5.94. The molecule has 0 unspecified atom stereocenters. The molecule has 2 N–H and O–H groups in total. The molecule has 1 aliphatic heterocycles. The number of rotatable bonds is 4. The Morgan fingerprint density at radius 1 is 1.59 bits per heavy atom. The topological polar surface area (TPSA) is 84.8 Å². The molecule has 2 aromatic rings. The second-order valence-corrected chi connectivity index (χ2v) is 5.71. The normalized spacial score (nSPS) is 21.7. The van der Waals surface area contributed by atoms with Gasteiger partial charge in [-0.1, -0.05) is 0 Å². The Kier molecular flexibility index (Phi) is 4.24. The van der Waals surface area contributed by atoms with E-state index in [-0.39, 0.29) is 17.9 Å². The predicted octanol–water partition coefficient (Wildman–Crippen LogP) is 1.35. The van der Waals surface area contributed by atoms with E-state index < -0.39 is 0 Å². The van der Waals surface area contributed by atoms with Gasteiger partial charge < -0.3 is 14.6 Å². The van der Waals surface area contributed by atoms with Crippen molar-refractivity contribution in [1.82, 2.24) is 25.1 Å². The fraction of sp³-hybridized carbons (Fsp3) is 0.533. The summed E-state index contributed by atoms with van der Waals surface area (Å²) in [4.78, 5) is 16.6. The maximum absolute atomic E-state index is 12.2. The lowest BCUT2D eigenvalue weighted by Gasteiger charge is -2.31. The van der Waals surface area contributed by atoms with Crippen LogP contribution in [0.2, 0.25) is 0 Å². The van der Waals surface area contributed by atoms with Gasteiger partial charge in [0.2, 0.25) is 0 Å². The average Bonchev–Trinajstić information content (AvgIpc) is 3.13. The molecule has 1 fully saturated rings. The zero-order valence-corrected chi connectivity index (χ0v) is 12.9. The molecule has 2 aromatic heterocycles. The van der Waals surface area contributed by atoms with Crippen LogP contribution < -0.4 is 5.32 Å². The Bertz CT molecular complexity index is 648. The lowest BCUT2D eigenvalue weighted by molar-refractivity contribution is -0.0337. The number of aryl methyl sites for hydroxylation is 2. The molecule has 0 aliphatic carbocycles. The molecule has 0 aromatic carbocycles. The van der Waals surface area contributed by atoms with Crippen LogP contribution in [-0.2, 0) is 11.8 Å². The SMILES string of the molecule is Cc1[nH]ncc1C(=O)NC[C@@H]1CCCO[C@H]1c1nccn1C. The predicted molar refractivity (Wildman–Crippen MR) is 80.3 cm³/mol. The molecule has 22 heavy (non-hydrogen) atoms. The van der Waals surface area contributed by atoms with Gasteiger partial charge in [-0.25, -0.2) is 4.98 Å². The molecule has 0 bridgehead atoms. The Morgan fingerprint density at radius 2 is 2.45 bits per heavy atom. The lowest BCUT2D eigenvalue weighted by Crippen LogP contribution is -2.36. The van der Waals surface area contributed by atoms with Crippen molar-refractivity contribution in [3.63, 3.8) is 0 Å². The smallest absolute Gasteiger partial charge is 0.254 e. The van der Waals surface area contributed by atoms with Crippen LogP contribution in [-0.4, -0.2) is 38.8 Å². The first-order valence-corrected chi connectivity index (χ1v) is 7.54. The highest BCUT2D eigenvalue weighted by Crippen LogP contribution is 2.32. The van der Waals surface area contributed by atoms with Crippen LogP contribution in [0.15, 0.2) is 18.6 Å². The van der Waals surface area contributed by atoms with Crippen molar-refractivity contribution in [2.75, 3.05) is 13.2 Å². The number of carbonyl (C=O) groups excluding carboxylic acids is 1. The van der Waals surface area contributed by atoms with Crippen molar-refractivity contribution in [1.29, 1.82) is 0 Å². The number of aromatic nitrogens is 4. The number of nitrogens with one attached hydrogen (secondary N) is 2. The minimum atomic E-state index is -0.101. The van der Waals surface area contributed by atoms with Gasteiger partial charge in [0.05, 0.1) is 11.8 Å². The molecular weight excluding hydrogens is 282 g/mol. The standard InChI is InChI=1S/C15H21N5O2/c1-10-12(9-18-19-10)15(21)17-8-11-4-3-7-22-13(11)14-16-5-6-20(14)2/h5-6,9,11,13H,3-4,7-8H2,1-2H3,(H,17,21)(H,18,19)/t11-,13+/m0/s1. The number of hydrogen-bond acceptors (Lipinski definition) is 4. The second kappa shape index (κ2) is 6.31. The summed E-state index contributed by atoms with van der Waals surface area (Å²) in [5.41, 5.74) is 1.36. The molecule has 2 atom stereocenters. The summed E-state index contributed by atoms with van der Waals surface area (Å²) in [5.74, 6) is 1.04. The van der Waals surface area contributed by atoms with E-state index in [1.165, 1.54) is 0 Å². The third-order valence-electron chi connectivity index (χ3n) is 4.16. The Labute approximate surface area is 129 Å². The largest absolute Gasteiger partial charge is 0.370 e. The number of carbonyl (C=O) groups is 1. The molecule has 1 saturated heterocycles. The molecule has 7 heteroatoms. The van der Waals surface area contributed by atoms with Crippen LogP contribution in [0.3, 0.4) is 0 Å². The Balaban J connectivity index is 1.66. The fourth-order valence-corrected chi connectivity index (χ4v) is 2.89. The molecular formula is C15H21N5O2. The Hall–Kier alpha value is -2.15. The lowest BCUT2D eigenvalue weighted by atomic mass is 9.93. The molecule has 0 spiro atoms. The third-order valence-corrected chi connectivity index (χ3v) is 4.16. The van der Waals surface area contributed by atoms with E-state index in [4.69, 9.17) is 4.74 Å². The molecule has 118 valence electrons. The molecule has 3 rings (SSSR count). The van der Waals surface area contributed by atoms with Gasteiger partial charge >= 0.3 is 0 Å². The maximum Gasteiger partial charge on any atom is 0.254 e. The van der Waals surface area contributed by atoms with Gasteiger partial charge in [0.1, 0.15) is 11.9 Å². The van der Waals surface area contributed by atoms with Crippen molar-refractivity contribution in [3.05, 3.63) is 35.7 Å². The van der Waals surface area contributed by atoms with Gasteiger partial charge in [-0.15, -0.1) is 0 Å². The van der Waals surface area contributed by atoms with Crippen LogP contribution in [0.5, 0.6) is 0 Å².